The van der Waals surface area contributed by atoms with E-state index in [0.29, 0.717) is 12.3 Å². The van der Waals surface area contributed by atoms with Gasteiger partial charge in [-0.05, 0) is 37.3 Å². The first kappa shape index (κ1) is 20.6. The molecule has 3 heterocycles. The number of methoxy groups -OCH3 is 1. The van der Waals surface area contributed by atoms with E-state index in [1.54, 1.807) is 7.11 Å². The normalized spacial score (nSPS) is 13.4. The summed E-state index contributed by atoms with van der Waals surface area (Å²) in [6.07, 6.45) is 0.854. The Hall–Kier alpha value is -3.26. The van der Waals surface area contributed by atoms with Crippen molar-refractivity contribution in [2.24, 2.45) is 0 Å². The summed E-state index contributed by atoms with van der Waals surface area (Å²) in [6, 6.07) is 16.1. The van der Waals surface area contributed by atoms with Crippen LogP contribution in [0.25, 0.3) is 22.3 Å². The van der Waals surface area contributed by atoms with Gasteiger partial charge in [-0.25, -0.2) is 0 Å². The second-order valence-corrected chi connectivity index (χ2v) is 8.70. The molecule has 0 aliphatic carbocycles. The summed E-state index contributed by atoms with van der Waals surface area (Å²) >= 11 is 1.45. The number of ether oxygens (including phenoxy) is 1. The van der Waals surface area contributed by atoms with E-state index >= 15 is 0 Å². The van der Waals surface area contributed by atoms with Crippen molar-refractivity contribution in [3.8, 4) is 17.1 Å². The zero-order valence-corrected chi connectivity index (χ0v) is 19.0. The molecular formula is C24H25N5O2S. The fourth-order valence-corrected chi connectivity index (χ4v) is 5.14. The van der Waals surface area contributed by atoms with Gasteiger partial charge < -0.3 is 19.2 Å². The number of aromatic amines is 1. The van der Waals surface area contributed by atoms with E-state index in [4.69, 9.17) is 4.74 Å². The first-order valence-electron chi connectivity index (χ1n) is 10.7. The van der Waals surface area contributed by atoms with Gasteiger partial charge >= 0.3 is 0 Å². The molecule has 164 valence electrons. The van der Waals surface area contributed by atoms with Gasteiger partial charge in [0.1, 0.15) is 5.75 Å². The highest BCUT2D eigenvalue weighted by Gasteiger charge is 2.24. The minimum atomic E-state index is 0.127. The van der Waals surface area contributed by atoms with Crippen LogP contribution in [0, 0.1) is 0 Å². The summed E-state index contributed by atoms with van der Waals surface area (Å²) in [5.74, 6) is 2.07. The Labute approximate surface area is 190 Å². The molecule has 5 rings (SSSR count). The summed E-state index contributed by atoms with van der Waals surface area (Å²) in [4.78, 5) is 18.5. The third kappa shape index (κ3) is 3.75. The highest BCUT2D eigenvalue weighted by molar-refractivity contribution is 7.99. The number of carbonyl (C=O) groups excluding carboxylic acids is 1. The molecule has 0 spiro atoms. The Morgan fingerprint density at radius 1 is 1.16 bits per heavy atom. The molecule has 2 aromatic heterocycles. The monoisotopic (exact) mass is 447 g/mol. The largest absolute Gasteiger partial charge is 0.497 e. The SMILES string of the molecule is CCn1c(SCC(=O)N2CCc3[nH]c4ccccc4c3C2)nnc1-c1ccc(OC)cc1. The van der Waals surface area contributed by atoms with E-state index in [1.165, 1.54) is 28.4 Å². The van der Waals surface area contributed by atoms with Crippen LogP contribution in [-0.2, 0) is 24.3 Å². The predicted molar refractivity (Wildman–Crippen MR) is 126 cm³/mol. The molecule has 32 heavy (non-hydrogen) atoms. The van der Waals surface area contributed by atoms with Crippen LogP contribution in [-0.4, -0.2) is 50.0 Å². The molecule has 0 unspecified atom stereocenters. The molecule has 0 bridgehead atoms. The highest BCUT2D eigenvalue weighted by atomic mass is 32.2. The molecule has 2 aromatic carbocycles. The minimum Gasteiger partial charge on any atom is -0.497 e. The molecule has 1 aliphatic heterocycles. The number of benzene rings is 2. The number of hydrogen-bond acceptors (Lipinski definition) is 5. The zero-order chi connectivity index (χ0) is 22.1. The van der Waals surface area contributed by atoms with Gasteiger partial charge in [0.2, 0.25) is 5.91 Å². The molecule has 1 amide bonds. The molecule has 4 aromatic rings. The van der Waals surface area contributed by atoms with Crippen molar-refractivity contribution in [3.05, 3.63) is 59.8 Å². The Kier molecular flexibility index (Phi) is 5.61. The average molecular weight is 448 g/mol. The number of nitrogens with zero attached hydrogens (tertiary/aromatic N) is 4. The number of carbonyl (C=O) groups is 1. The highest BCUT2D eigenvalue weighted by Crippen LogP contribution is 2.29. The molecule has 0 fully saturated rings. The van der Waals surface area contributed by atoms with Gasteiger partial charge in [0, 0.05) is 53.8 Å². The number of aromatic nitrogens is 4. The number of rotatable bonds is 6. The number of amides is 1. The van der Waals surface area contributed by atoms with Crippen molar-refractivity contribution < 1.29 is 9.53 Å². The summed E-state index contributed by atoms with van der Waals surface area (Å²) in [5, 5.41) is 10.7. The fraction of sp³-hybridized carbons (Fsp3) is 0.292. The van der Waals surface area contributed by atoms with Crippen LogP contribution < -0.4 is 4.74 Å². The van der Waals surface area contributed by atoms with E-state index in [0.717, 1.165) is 47.3 Å². The van der Waals surface area contributed by atoms with E-state index in [9.17, 15) is 4.79 Å². The van der Waals surface area contributed by atoms with Crippen molar-refractivity contribution >= 4 is 28.6 Å². The van der Waals surface area contributed by atoms with Crippen LogP contribution in [0.4, 0.5) is 0 Å². The maximum atomic E-state index is 13.0. The molecule has 0 radical (unpaired) electrons. The van der Waals surface area contributed by atoms with Gasteiger partial charge in [-0.1, -0.05) is 30.0 Å². The zero-order valence-electron chi connectivity index (χ0n) is 18.2. The number of thioether (sulfide) groups is 1. The Morgan fingerprint density at radius 2 is 1.97 bits per heavy atom. The first-order chi connectivity index (χ1) is 15.7. The van der Waals surface area contributed by atoms with Crippen LogP contribution in [0.3, 0.4) is 0 Å². The lowest BCUT2D eigenvalue weighted by Crippen LogP contribution is -2.36. The molecule has 1 N–H and O–H groups in total. The first-order valence-corrected chi connectivity index (χ1v) is 11.7. The smallest absolute Gasteiger partial charge is 0.233 e. The van der Waals surface area contributed by atoms with Gasteiger partial charge in [0.05, 0.1) is 12.9 Å². The summed E-state index contributed by atoms with van der Waals surface area (Å²) < 4.78 is 7.29. The van der Waals surface area contributed by atoms with E-state index in [-0.39, 0.29) is 5.91 Å². The van der Waals surface area contributed by atoms with Crippen molar-refractivity contribution in [3.63, 3.8) is 0 Å². The third-order valence-corrected chi connectivity index (χ3v) is 6.89. The van der Waals surface area contributed by atoms with Crippen LogP contribution in [0.2, 0.25) is 0 Å². The number of hydrogen-bond donors (Lipinski definition) is 1. The van der Waals surface area contributed by atoms with Gasteiger partial charge in [-0.15, -0.1) is 10.2 Å². The number of para-hydroxylation sites is 1. The quantitative estimate of drug-likeness (QED) is 0.450. The lowest BCUT2D eigenvalue weighted by Gasteiger charge is -2.27. The Morgan fingerprint density at radius 3 is 2.75 bits per heavy atom. The van der Waals surface area contributed by atoms with E-state index < -0.39 is 0 Å². The van der Waals surface area contributed by atoms with Gasteiger partial charge in [-0.3, -0.25) is 4.79 Å². The molecular weight excluding hydrogens is 422 g/mol. The van der Waals surface area contributed by atoms with Gasteiger partial charge in [0.15, 0.2) is 11.0 Å². The molecule has 7 nitrogen and oxygen atoms in total. The maximum absolute atomic E-state index is 13.0. The molecule has 0 saturated carbocycles. The Bertz CT molecular complexity index is 1260. The van der Waals surface area contributed by atoms with E-state index in [1.807, 2.05) is 45.9 Å². The number of fused-ring (bicyclic) bond motifs is 3. The molecule has 0 saturated heterocycles. The summed E-state index contributed by atoms with van der Waals surface area (Å²) in [7, 11) is 1.65. The second kappa shape index (κ2) is 8.70. The van der Waals surface area contributed by atoms with Crippen molar-refractivity contribution in [2.75, 3.05) is 19.4 Å². The second-order valence-electron chi connectivity index (χ2n) is 7.76. The topological polar surface area (TPSA) is 76.0 Å². The third-order valence-electron chi connectivity index (χ3n) is 5.94. The maximum Gasteiger partial charge on any atom is 0.233 e. The lowest BCUT2D eigenvalue weighted by atomic mass is 10.0. The summed E-state index contributed by atoms with van der Waals surface area (Å²) in [6.45, 7) is 4.17. The average Bonchev–Trinajstić information content (AvgIpc) is 3.43. The van der Waals surface area contributed by atoms with Crippen LogP contribution >= 0.6 is 11.8 Å². The van der Waals surface area contributed by atoms with Crippen LogP contribution in [0.1, 0.15) is 18.2 Å². The minimum absolute atomic E-state index is 0.127. The molecule has 1 aliphatic rings. The summed E-state index contributed by atoms with van der Waals surface area (Å²) in [5.41, 5.74) is 4.60. The van der Waals surface area contributed by atoms with Crippen LogP contribution in [0.5, 0.6) is 5.75 Å². The molecule has 8 heteroatoms. The van der Waals surface area contributed by atoms with Crippen molar-refractivity contribution in [2.45, 2.75) is 31.6 Å². The van der Waals surface area contributed by atoms with Crippen molar-refractivity contribution in [1.29, 1.82) is 0 Å². The Balaban J connectivity index is 1.28. The predicted octanol–water partition coefficient (Wildman–Crippen LogP) is 4.13. The fourth-order valence-electron chi connectivity index (χ4n) is 4.23. The van der Waals surface area contributed by atoms with Crippen LogP contribution in [0.15, 0.2) is 53.7 Å². The number of nitrogens with one attached hydrogen (secondary N) is 1. The van der Waals surface area contributed by atoms with Gasteiger partial charge in [0.25, 0.3) is 0 Å². The molecule has 0 atom stereocenters. The van der Waals surface area contributed by atoms with E-state index in [2.05, 4.69) is 34.2 Å². The van der Waals surface area contributed by atoms with Crippen molar-refractivity contribution in [1.82, 2.24) is 24.6 Å². The number of H-pyrrole nitrogens is 1. The van der Waals surface area contributed by atoms with Gasteiger partial charge in [-0.2, -0.15) is 0 Å². The lowest BCUT2D eigenvalue weighted by molar-refractivity contribution is -0.129. The standard InChI is InChI=1S/C24H25N5O2S/c1-3-29-23(16-8-10-17(31-2)11-9-16)26-27-24(29)32-15-22(30)28-13-12-21-19(14-28)18-6-4-5-7-20(18)25-21/h4-11,25H,3,12-15H2,1-2H3.